The highest BCUT2D eigenvalue weighted by atomic mass is 16.5. The summed E-state index contributed by atoms with van der Waals surface area (Å²) in [6, 6.07) is 5.96. The van der Waals surface area contributed by atoms with Gasteiger partial charge >= 0.3 is 5.97 Å². The summed E-state index contributed by atoms with van der Waals surface area (Å²) in [6.45, 7) is 1.81. The quantitative estimate of drug-likeness (QED) is 0.656. The highest BCUT2D eigenvalue weighted by molar-refractivity contribution is 6.19. The van der Waals surface area contributed by atoms with E-state index in [4.69, 9.17) is 9.84 Å². The molecule has 1 aromatic carbocycles. The summed E-state index contributed by atoms with van der Waals surface area (Å²) in [5.41, 5.74) is 0.432. The molecule has 2 rings (SSSR count). The minimum absolute atomic E-state index is 0.131. The number of aliphatic hydroxyl groups excluding tert-OH is 1. The Morgan fingerprint density at radius 3 is 2.52 bits per heavy atom. The smallest absolute Gasteiger partial charge is 0.325 e. The normalized spacial score (nSPS) is 15.8. The zero-order valence-corrected chi connectivity index (χ0v) is 14.0. The average Bonchev–Trinajstić information content (AvgIpc) is 2.58. The monoisotopic (exact) mass is 348 g/mol. The molecule has 0 aliphatic carbocycles. The van der Waals surface area contributed by atoms with Crippen molar-refractivity contribution >= 4 is 17.8 Å². The fraction of sp³-hybridized carbons (Fsp3) is 0.353. The number of carboxylic acid groups (broad SMARTS) is 1. The molecule has 0 bridgehead atoms. The van der Waals surface area contributed by atoms with Crippen LogP contribution in [0.1, 0.15) is 18.9 Å². The molecular formula is C17H20N2O6. The van der Waals surface area contributed by atoms with Crippen LogP contribution < -0.4 is 10.1 Å². The van der Waals surface area contributed by atoms with Crippen LogP contribution >= 0.6 is 0 Å². The van der Waals surface area contributed by atoms with Crippen molar-refractivity contribution in [3.63, 3.8) is 0 Å². The number of ether oxygens (including phenoxy) is 1. The second-order valence-corrected chi connectivity index (χ2v) is 5.68. The molecule has 3 N–H and O–H groups in total. The number of hydrogen-bond acceptors (Lipinski definition) is 5. The van der Waals surface area contributed by atoms with Gasteiger partial charge in [-0.3, -0.25) is 14.4 Å². The van der Waals surface area contributed by atoms with Crippen LogP contribution in [0.5, 0.6) is 5.75 Å². The van der Waals surface area contributed by atoms with Crippen molar-refractivity contribution in [1.82, 2.24) is 10.2 Å². The number of hydrogen-bond donors (Lipinski definition) is 3. The van der Waals surface area contributed by atoms with Crippen LogP contribution in [0.25, 0.3) is 0 Å². The predicted molar refractivity (Wildman–Crippen MR) is 87.9 cm³/mol. The van der Waals surface area contributed by atoms with Gasteiger partial charge in [0.05, 0.1) is 7.11 Å². The molecule has 1 aliphatic heterocycles. The average molecular weight is 348 g/mol. The van der Waals surface area contributed by atoms with E-state index in [2.05, 4.69) is 5.32 Å². The molecule has 0 fully saturated rings. The number of carboxylic acids is 1. The highest BCUT2D eigenvalue weighted by Crippen LogP contribution is 2.21. The molecule has 2 amide bonds. The Bertz CT molecular complexity index is 710. The van der Waals surface area contributed by atoms with Crippen LogP contribution in [0.3, 0.4) is 0 Å². The summed E-state index contributed by atoms with van der Waals surface area (Å²) in [7, 11) is 1.56. The fourth-order valence-electron chi connectivity index (χ4n) is 2.41. The number of aliphatic hydroxyl groups is 1. The van der Waals surface area contributed by atoms with E-state index in [-0.39, 0.29) is 25.3 Å². The summed E-state index contributed by atoms with van der Waals surface area (Å²) in [5.74, 6) is -2.39. The molecule has 8 heteroatoms. The molecule has 1 aliphatic rings. The maximum absolute atomic E-state index is 12.5. The van der Waals surface area contributed by atoms with Crippen molar-refractivity contribution in [3.8, 4) is 5.75 Å². The number of nitrogens with one attached hydrogen (secondary N) is 1. The Morgan fingerprint density at radius 1 is 1.32 bits per heavy atom. The van der Waals surface area contributed by atoms with Crippen LogP contribution in [0.4, 0.5) is 0 Å². The molecule has 1 aromatic rings. The first-order valence-corrected chi connectivity index (χ1v) is 7.71. The van der Waals surface area contributed by atoms with Gasteiger partial charge < -0.3 is 25.2 Å². The Labute approximate surface area is 144 Å². The van der Waals surface area contributed by atoms with Gasteiger partial charge in [0.1, 0.15) is 23.1 Å². The molecule has 0 unspecified atom stereocenters. The summed E-state index contributed by atoms with van der Waals surface area (Å²) < 4.78 is 5.08. The summed E-state index contributed by atoms with van der Waals surface area (Å²) >= 11 is 0. The first kappa shape index (κ1) is 18.3. The second-order valence-electron chi connectivity index (χ2n) is 5.68. The van der Waals surface area contributed by atoms with Gasteiger partial charge in [0.2, 0.25) is 0 Å². The van der Waals surface area contributed by atoms with Crippen molar-refractivity contribution in [2.24, 2.45) is 0 Å². The van der Waals surface area contributed by atoms with E-state index in [0.29, 0.717) is 5.75 Å². The summed E-state index contributed by atoms with van der Waals surface area (Å²) in [6.07, 6.45) is 0.131. The molecule has 0 aromatic heterocycles. The van der Waals surface area contributed by atoms with Crippen molar-refractivity contribution in [2.45, 2.75) is 25.9 Å². The number of carbonyl (C=O) groups is 3. The standard InChI is InChI=1S/C17H20N2O6/c1-10(17(23)24)18-15(21)14-13(20)7-8-19(16(14)22)9-11-3-5-12(25-2)6-4-11/h3-6,10,20H,7-9H2,1-2H3,(H,18,21)(H,23,24)/t10-/m1/s1. The van der Waals surface area contributed by atoms with E-state index in [0.717, 1.165) is 5.56 Å². The van der Waals surface area contributed by atoms with E-state index in [1.54, 1.807) is 31.4 Å². The van der Waals surface area contributed by atoms with Crippen LogP contribution in [-0.4, -0.2) is 52.6 Å². The van der Waals surface area contributed by atoms with Crippen LogP contribution in [-0.2, 0) is 20.9 Å². The zero-order chi connectivity index (χ0) is 18.6. The predicted octanol–water partition coefficient (Wildman–Crippen LogP) is 0.829. The topological polar surface area (TPSA) is 116 Å². The van der Waals surface area contributed by atoms with Gasteiger partial charge in [-0.05, 0) is 24.6 Å². The van der Waals surface area contributed by atoms with E-state index < -0.39 is 29.4 Å². The van der Waals surface area contributed by atoms with Gasteiger partial charge in [-0.2, -0.15) is 0 Å². The van der Waals surface area contributed by atoms with E-state index in [1.807, 2.05) is 0 Å². The third-order valence-corrected chi connectivity index (χ3v) is 3.89. The summed E-state index contributed by atoms with van der Waals surface area (Å²) in [4.78, 5) is 37.0. The van der Waals surface area contributed by atoms with E-state index in [9.17, 15) is 19.5 Å². The van der Waals surface area contributed by atoms with E-state index in [1.165, 1.54) is 11.8 Å². The number of carbonyl (C=O) groups excluding carboxylic acids is 2. The molecule has 8 nitrogen and oxygen atoms in total. The maximum Gasteiger partial charge on any atom is 0.325 e. The Hall–Kier alpha value is -3.03. The number of methoxy groups -OCH3 is 1. The fourth-order valence-corrected chi connectivity index (χ4v) is 2.41. The van der Waals surface area contributed by atoms with Crippen molar-refractivity contribution in [1.29, 1.82) is 0 Å². The third kappa shape index (κ3) is 4.28. The van der Waals surface area contributed by atoms with Crippen LogP contribution in [0.15, 0.2) is 35.6 Å². The lowest BCUT2D eigenvalue weighted by Crippen LogP contribution is -2.46. The molecule has 134 valence electrons. The van der Waals surface area contributed by atoms with Crippen LogP contribution in [0.2, 0.25) is 0 Å². The number of amides is 2. The van der Waals surface area contributed by atoms with Crippen molar-refractivity contribution in [3.05, 3.63) is 41.2 Å². The second kappa shape index (κ2) is 7.69. The highest BCUT2D eigenvalue weighted by Gasteiger charge is 2.33. The number of nitrogens with zero attached hydrogens (tertiary/aromatic N) is 1. The lowest BCUT2D eigenvalue weighted by atomic mass is 10.0. The molecule has 0 saturated heterocycles. The van der Waals surface area contributed by atoms with Gasteiger partial charge in [-0.1, -0.05) is 12.1 Å². The molecule has 1 heterocycles. The van der Waals surface area contributed by atoms with Crippen molar-refractivity contribution < 1.29 is 29.3 Å². The van der Waals surface area contributed by atoms with Gasteiger partial charge in [-0.15, -0.1) is 0 Å². The third-order valence-electron chi connectivity index (χ3n) is 3.89. The SMILES string of the molecule is COc1ccc(CN2CCC(O)=C(C(=O)N[C@H](C)C(=O)O)C2=O)cc1. The minimum Gasteiger partial charge on any atom is -0.511 e. The molecule has 25 heavy (non-hydrogen) atoms. The number of aliphatic carboxylic acids is 1. The number of benzene rings is 1. The molecular weight excluding hydrogens is 328 g/mol. The Balaban J connectivity index is 2.12. The van der Waals surface area contributed by atoms with E-state index >= 15 is 0 Å². The molecule has 0 radical (unpaired) electrons. The minimum atomic E-state index is -1.23. The largest absolute Gasteiger partial charge is 0.511 e. The van der Waals surface area contributed by atoms with Gasteiger partial charge in [0.15, 0.2) is 0 Å². The number of rotatable bonds is 6. The Kier molecular flexibility index (Phi) is 5.63. The summed E-state index contributed by atoms with van der Waals surface area (Å²) in [5, 5.41) is 21.0. The van der Waals surface area contributed by atoms with Gasteiger partial charge in [0, 0.05) is 19.5 Å². The first-order chi connectivity index (χ1) is 11.8. The molecule has 1 atom stereocenters. The zero-order valence-electron chi connectivity index (χ0n) is 14.0. The van der Waals surface area contributed by atoms with Crippen molar-refractivity contribution in [2.75, 3.05) is 13.7 Å². The van der Waals surface area contributed by atoms with Gasteiger partial charge in [-0.25, -0.2) is 0 Å². The lowest BCUT2D eigenvalue weighted by Gasteiger charge is -2.28. The molecule has 0 saturated carbocycles. The first-order valence-electron chi connectivity index (χ1n) is 7.71. The van der Waals surface area contributed by atoms with Gasteiger partial charge in [0.25, 0.3) is 11.8 Å². The maximum atomic E-state index is 12.5. The van der Waals surface area contributed by atoms with Crippen LogP contribution in [0, 0.1) is 0 Å². The lowest BCUT2D eigenvalue weighted by molar-refractivity contribution is -0.141. The molecule has 0 spiro atoms. The Morgan fingerprint density at radius 2 is 1.96 bits per heavy atom.